The highest BCUT2D eigenvalue weighted by molar-refractivity contribution is 7.80. The van der Waals surface area contributed by atoms with E-state index >= 15 is 0 Å². The molecular formula is C25H23ClN4O2S. The SMILES string of the molecule is O=C(NC(=S)Nc1ccc(N2CCN(C(=O)c3ccccc3)CC2)cc1)c1ccc(Cl)cc1. The van der Waals surface area contributed by atoms with Gasteiger partial charge in [0.15, 0.2) is 5.11 Å². The topological polar surface area (TPSA) is 64.7 Å². The smallest absolute Gasteiger partial charge is 0.257 e. The number of amides is 2. The van der Waals surface area contributed by atoms with Crippen LogP contribution in [0.3, 0.4) is 0 Å². The normalized spacial score (nSPS) is 13.4. The van der Waals surface area contributed by atoms with E-state index in [1.807, 2.05) is 59.5 Å². The van der Waals surface area contributed by atoms with Crippen molar-refractivity contribution >= 4 is 52.1 Å². The minimum absolute atomic E-state index is 0.0731. The summed E-state index contributed by atoms with van der Waals surface area (Å²) in [6.07, 6.45) is 0. The van der Waals surface area contributed by atoms with Gasteiger partial charge in [-0.3, -0.25) is 14.9 Å². The molecule has 0 atom stereocenters. The number of benzene rings is 3. The van der Waals surface area contributed by atoms with E-state index in [4.69, 9.17) is 23.8 Å². The lowest BCUT2D eigenvalue weighted by atomic mass is 10.1. The number of anilines is 2. The summed E-state index contributed by atoms with van der Waals surface area (Å²) in [5.41, 5.74) is 3.05. The fourth-order valence-electron chi connectivity index (χ4n) is 3.63. The fraction of sp³-hybridized carbons (Fsp3) is 0.160. The molecule has 0 aliphatic carbocycles. The van der Waals surface area contributed by atoms with Gasteiger partial charge in [0.05, 0.1) is 0 Å². The van der Waals surface area contributed by atoms with E-state index in [1.54, 1.807) is 24.3 Å². The van der Waals surface area contributed by atoms with Crippen molar-refractivity contribution in [1.82, 2.24) is 10.2 Å². The van der Waals surface area contributed by atoms with Crippen LogP contribution >= 0.6 is 23.8 Å². The van der Waals surface area contributed by atoms with E-state index in [1.165, 1.54) is 0 Å². The largest absolute Gasteiger partial charge is 0.368 e. The van der Waals surface area contributed by atoms with E-state index in [-0.39, 0.29) is 16.9 Å². The summed E-state index contributed by atoms with van der Waals surface area (Å²) >= 11 is 11.1. The average Bonchev–Trinajstić information content (AvgIpc) is 2.85. The van der Waals surface area contributed by atoms with Crippen LogP contribution in [-0.4, -0.2) is 48.0 Å². The van der Waals surface area contributed by atoms with Gasteiger partial charge < -0.3 is 15.1 Å². The van der Waals surface area contributed by atoms with Crippen LogP contribution in [-0.2, 0) is 0 Å². The Bertz CT molecular complexity index is 1130. The molecule has 3 aromatic rings. The molecule has 6 nitrogen and oxygen atoms in total. The molecule has 0 saturated carbocycles. The molecule has 0 aromatic heterocycles. The second-order valence-corrected chi connectivity index (χ2v) is 8.45. The average molecular weight is 479 g/mol. The Balaban J connectivity index is 1.28. The highest BCUT2D eigenvalue weighted by atomic mass is 35.5. The van der Waals surface area contributed by atoms with Crippen molar-refractivity contribution < 1.29 is 9.59 Å². The second-order valence-electron chi connectivity index (χ2n) is 7.61. The predicted molar refractivity (Wildman–Crippen MR) is 136 cm³/mol. The van der Waals surface area contributed by atoms with Crippen molar-refractivity contribution in [3.8, 4) is 0 Å². The Morgan fingerprint density at radius 3 is 2.06 bits per heavy atom. The van der Waals surface area contributed by atoms with E-state index in [0.29, 0.717) is 23.7 Å². The van der Waals surface area contributed by atoms with Crippen molar-refractivity contribution in [2.45, 2.75) is 0 Å². The lowest BCUT2D eigenvalue weighted by Crippen LogP contribution is -2.48. The monoisotopic (exact) mass is 478 g/mol. The van der Waals surface area contributed by atoms with Gasteiger partial charge in [-0.2, -0.15) is 0 Å². The van der Waals surface area contributed by atoms with Crippen LogP contribution in [0.5, 0.6) is 0 Å². The Morgan fingerprint density at radius 1 is 0.788 bits per heavy atom. The molecule has 33 heavy (non-hydrogen) atoms. The lowest BCUT2D eigenvalue weighted by Gasteiger charge is -2.36. The van der Waals surface area contributed by atoms with Gasteiger partial charge in [-0.1, -0.05) is 29.8 Å². The van der Waals surface area contributed by atoms with E-state index < -0.39 is 0 Å². The molecular weight excluding hydrogens is 456 g/mol. The fourth-order valence-corrected chi connectivity index (χ4v) is 3.96. The minimum atomic E-state index is -0.302. The molecule has 168 valence electrons. The number of carbonyl (C=O) groups is 2. The summed E-state index contributed by atoms with van der Waals surface area (Å²) in [5, 5.41) is 6.47. The van der Waals surface area contributed by atoms with Crippen LogP contribution < -0.4 is 15.5 Å². The quantitative estimate of drug-likeness (QED) is 0.543. The molecule has 3 aromatic carbocycles. The zero-order valence-electron chi connectivity index (χ0n) is 17.8. The Kier molecular flexibility index (Phi) is 7.22. The Morgan fingerprint density at radius 2 is 1.42 bits per heavy atom. The molecule has 1 fully saturated rings. The molecule has 0 bridgehead atoms. The van der Waals surface area contributed by atoms with Gasteiger partial charge in [-0.25, -0.2) is 0 Å². The van der Waals surface area contributed by atoms with Gasteiger partial charge in [-0.05, 0) is 72.9 Å². The van der Waals surface area contributed by atoms with Crippen LogP contribution in [0, 0.1) is 0 Å². The number of hydrogen-bond donors (Lipinski definition) is 2. The molecule has 1 saturated heterocycles. The molecule has 8 heteroatoms. The zero-order chi connectivity index (χ0) is 23.2. The lowest BCUT2D eigenvalue weighted by molar-refractivity contribution is 0.0746. The van der Waals surface area contributed by atoms with Crippen LogP contribution in [0.1, 0.15) is 20.7 Å². The third-order valence-corrected chi connectivity index (χ3v) is 5.87. The standard InChI is InChI=1S/C25H23ClN4O2S/c26-20-8-6-18(7-9-20)23(31)28-25(33)27-21-10-12-22(13-11-21)29-14-16-30(17-15-29)24(32)19-4-2-1-3-5-19/h1-13H,14-17H2,(H2,27,28,31,33). The molecule has 1 heterocycles. The number of thiocarbonyl (C=S) groups is 1. The number of rotatable bonds is 4. The van der Waals surface area contributed by atoms with Crippen molar-refractivity contribution in [2.24, 2.45) is 0 Å². The predicted octanol–water partition coefficient (Wildman–Crippen LogP) is 4.43. The molecule has 4 rings (SSSR count). The first-order valence-corrected chi connectivity index (χ1v) is 11.4. The van der Waals surface area contributed by atoms with E-state index in [9.17, 15) is 9.59 Å². The number of nitrogens with zero attached hydrogens (tertiary/aromatic N) is 2. The maximum atomic E-state index is 12.6. The molecule has 0 spiro atoms. The molecule has 0 radical (unpaired) electrons. The van der Waals surface area contributed by atoms with Crippen molar-refractivity contribution in [1.29, 1.82) is 0 Å². The third-order valence-electron chi connectivity index (χ3n) is 5.41. The van der Waals surface area contributed by atoms with Crippen molar-refractivity contribution in [3.05, 3.63) is 95.0 Å². The van der Waals surface area contributed by atoms with Gasteiger partial charge in [0.25, 0.3) is 11.8 Å². The number of nitrogens with one attached hydrogen (secondary N) is 2. The first kappa shape index (κ1) is 22.8. The second kappa shape index (κ2) is 10.5. The number of carbonyl (C=O) groups excluding carboxylic acids is 2. The number of piperazine rings is 1. The minimum Gasteiger partial charge on any atom is -0.368 e. The molecule has 2 N–H and O–H groups in total. The number of halogens is 1. The van der Waals surface area contributed by atoms with E-state index in [0.717, 1.165) is 30.0 Å². The highest BCUT2D eigenvalue weighted by Crippen LogP contribution is 2.20. The van der Waals surface area contributed by atoms with Gasteiger partial charge in [0, 0.05) is 53.7 Å². The maximum absolute atomic E-state index is 12.6. The molecule has 1 aliphatic heterocycles. The van der Waals surface area contributed by atoms with Crippen LogP contribution in [0.2, 0.25) is 5.02 Å². The van der Waals surface area contributed by atoms with Crippen molar-refractivity contribution in [3.63, 3.8) is 0 Å². The highest BCUT2D eigenvalue weighted by Gasteiger charge is 2.22. The Labute approximate surface area is 203 Å². The summed E-state index contributed by atoms with van der Waals surface area (Å²) in [6.45, 7) is 2.88. The van der Waals surface area contributed by atoms with Crippen LogP contribution in [0.15, 0.2) is 78.9 Å². The van der Waals surface area contributed by atoms with Gasteiger partial charge in [0.2, 0.25) is 0 Å². The molecule has 2 amide bonds. The summed E-state index contributed by atoms with van der Waals surface area (Å²) in [6, 6.07) is 23.8. The third kappa shape index (κ3) is 5.88. The summed E-state index contributed by atoms with van der Waals surface area (Å²) in [4.78, 5) is 29.0. The summed E-state index contributed by atoms with van der Waals surface area (Å²) in [5.74, 6) is -0.229. The van der Waals surface area contributed by atoms with Gasteiger partial charge in [0.1, 0.15) is 0 Å². The van der Waals surface area contributed by atoms with Crippen LogP contribution in [0.25, 0.3) is 0 Å². The van der Waals surface area contributed by atoms with Gasteiger partial charge >= 0.3 is 0 Å². The van der Waals surface area contributed by atoms with Crippen LogP contribution in [0.4, 0.5) is 11.4 Å². The van der Waals surface area contributed by atoms with Gasteiger partial charge in [-0.15, -0.1) is 0 Å². The Hall–Kier alpha value is -3.42. The summed E-state index contributed by atoms with van der Waals surface area (Å²) in [7, 11) is 0. The van der Waals surface area contributed by atoms with E-state index in [2.05, 4.69) is 15.5 Å². The maximum Gasteiger partial charge on any atom is 0.257 e. The first-order valence-electron chi connectivity index (χ1n) is 10.6. The zero-order valence-corrected chi connectivity index (χ0v) is 19.4. The molecule has 0 unspecified atom stereocenters. The summed E-state index contributed by atoms with van der Waals surface area (Å²) < 4.78 is 0. The molecule has 1 aliphatic rings. The van der Waals surface area contributed by atoms with Crippen molar-refractivity contribution in [2.75, 3.05) is 36.4 Å². The first-order chi connectivity index (χ1) is 16.0. The number of hydrogen-bond acceptors (Lipinski definition) is 4.